The normalized spacial score (nSPS) is 35.9. The zero-order valence-corrected chi connectivity index (χ0v) is 9.67. The van der Waals surface area contributed by atoms with Gasteiger partial charge in [-0.15, -0.1) is 0 Å². The molecule has 0 radical (unpaired) electrons. The fraction of sp³-hybridized carbons (Fsp3) is 0.600. The highest BCUT2D eigenvalue weighted by atomic mass is 35.5. The molecule has 2 N–H and O–H groups in total. The highest BCUT2D eigenvalue weighted by molar-refractivity contribution is 6.28. The third-order valence-corrected chi connectivity index (χ3v) is 3.17. The highest BCUT2D eigenvalue weighted by Gasteiger charge is 2.47. The number of nitrogens with one attached hydrogen (secondary N) is 1. The number of ether oxygens (including phenoxy) is 2. The van der Waals surface area contributed by atoms with E-state index in [2.05, 4.69) is 15.3 Å². The summed E-state index contributed by atoms with van der Waals surface area (Å²) in [4.78, 5) is 7.84. The summed E-state index contributed by atoms with van der Waals surface area (Å²) in [7, 11) is 0. The first-order chi connectivity index (χ1) is 8.24. The fourth-order valence-electron chi connectivity index (χ4n) is 2.21. The van der Waals surface area contributed by atoms with Gasteiger partial charge in [-0.05, 0) is 17.7 Å². The Kier molecular flexibility index (Phi) is 2.87. The Morgan fingerprint density at radius 3 is 3.00 bits per heavy atom. The molecule has 0 bridgehead atoms. The van der Waals surface area contributed by atoms with Crippen molar-refractivity contribution in [2.45, 2.75) is 24.4 Å². The molecule has 0 saturated carbocycles. The maximum absolute atomic E-state index is 9.60. The van der Waals surface area contributed by atoms with Crippen molar-refractivity contribution in [3.05, 3.63) is 17.5 Å². The van der Waals surface area contributed by atoms with Gasteiger partial charge in [-0.2, -0.15) is 0 Å². The third-order valence-electron chi connectivity index (χ3n) is 2.99. The number of rotatable bonds is 2. The largest absolute Gasteiger partial charge is 0.388 e. The average Bonchev–Trinajstić information content (AvgIpc) is 2.84. The van der Waals surface area contributed by atoms with E-state index in [1.807, 2.05) is 0 Å². The van der Waals surface area contributed by atoms with Crippen LogP contribution in [0.1, 0.15) is 0 Å². The number of halogens is 1. The molecule has 0 aromatic carbocycles. The molecule has 2 aliphatic rings. The first-order valence-electron chi connectivity index (χ1n) is 5.40. The fourth-order valence-corrected chi connectivity index (χ4v) is 2.36. The number of hydrogen-bond donors (Lipinski definition) is 2. The lowest BCUT2D eigenvalue weighted by atomic mass is 10.1. The van der Waals surface area contributed by atoms with Gasteiger partial charge in [0.15, 0.2) is 0 Å². The van der Waals surface area contributed by atoms with Crippen molar-refractivity contribution in [3.8, 4) is 0 Å². The van der Waals surface area contributed by atoms with Gasteiger partial charge in [-0.25, -0.2) is 9.97 Å². The van der Waals surface area contributed by atoms with Crippen molar-refractivity contribution >= 4 is 17.4 Å². The molecule has 0 aliphatic carbocycles. The minimum Gasteiger partial charge on any atom is -0.388 e. The van der Waals surface area contributed by atoms with Gasteiger partial charge in [-0.3, -0.25) is 0 Å². The van der Waals surface area contributed by atoms with Gasteiger partial charge < -0.3 is 19.9 Å². The van der Waals surface area contributed by atoms with Crippen LogP contribution < -0.4 is 5.32 Å². The Balaban J connectivity index is 1.70. The number of aliphatic hydroxyl groups excluding tert-OH is 1. The van der Waals surface area contributed by atoms with Crippen LogP contribution in [-0.2, 0) is 9.47 Å². The molecule has 17 heavy (non-hydrogen) atoms. The second kappa shape index (κ2) is 4.38. The minimum absolute atomic E-state index is 0.0249. The molecule has 0 amide bonds. The lowest BCUT2D eigenvalue weighted by Crippen LogP contribution is -2.36. The van der Waals surface area contributed by atoms with Gasteiger partial charge in [-0.1, -0.05) is 0 Å². The van der Waals surface area contributed by atoms with Crippen molar-refractivity contribution in [2.75, 3.05) is 18.5 Å². The summed E-state index contributed by atoms with van der Waals surface area (Å²) in [6.07, 6.45) is 0.652. The van der Waals surface area contributed by atoms with E-state index >= 15 is 0 Å². The molecule has 3 heterocycles. The second-order valence-corrected chi connectivity index (χ2v) is 4.46. The van der Waals surface area contributed by atoms with Gasteiger partial charge in [0, 0.05) is 6.20 Å². The Morgan fingerprint density at radius 2 is 2.18 bits per heavy atom. The Bertz CT molecular complexity index is 420. The van der Waals surface area contributed by atoms with Crippen LogP contribution in [-0.4, -0.2) is 52.6 Å². The average molecular weight is 258 g/mol. The SMILES string of the molecule is OC1COC2C(Nc3ccnc(Cl)n3)COC12. The predicted molar refractivity (Wildman–Crippen MR) is 59.9 cm³/mol. The number of nitrogens with zero attached hydrogens (tertiary/aromatic N) is 2. The summed E-state index contributed by atoms with van der Waals surface area (Å²) in [6, 6.07) is 1.70. The molecule has 0 spiro atoms. The van der Waals surface area contributed by atoms with Crippen molar-refractivity contribution < 1.29 is 14.6 Å². The molecule has 3 rings (SSSR count). The Labute approximate surface area is 103 Å². The van der Waals surface area contributed by atoms with E-state index in [-0.39, 0.29) is 23.5 Å². The number of aromatic nitrogens is 2. The smallest absolute Gasteiger partial charge is 0.224 e. The summed E-state index contributed by atoms with van der Waals surface area (Å²) in [6.45, 7) is 0.798. The number of fused-ring (bicyclic) bond motifs is 1. The van der Waals surface area contributed by atoms with E-state index < -0.39 is 6.10 Å². The summed E-state index contributed by atoms with van der Waals surface area (Å²) in [5.41, 5.74) is 0. The number of anilines is 1. The first-order valence-corrected chi connectivity index (χ1v) is 5.78. The molecule has 2 saturated heterocycles. The summed E-state index contributed by atoms with van der Waals surface area (Å²) in [5.74, 6) is 0.629. The standard InChI is InChI=1S/C10H12ClN3O3/c11-10-12-2-1-7(14-10)13-5-3-16-9-6(15)4-17-8(5)9/h1-2,5-6,8-9,15H,3-4H2,(H,12,13,14). The molecule has 4 atom stereocenters. The van der Waals surface area contributed by atoms with Crippen LogP contribution in [0.4, 0.5) is 5.82 Å². The topological polar surface area (TPSA) is 76.5 Å². The monoisotopic (exact) mass is 257 g/mol. The zero-order chi connectivity index (χ0) is 11.8. The van der Waals surface area contributed by atoms with E-state index in [1.165, 1.54) is 0 Å². The van der Waals surface area contributed by atoms with Crippen molar-refractivity contribution in [2.24, 2.45) is 0 Å². The van der Waals surface area contributed by atoms with E-state index in [4.69, 9.17) is 21.1 Å². The van der Waals surface area contributed by atoms with Crippen molar-refractivity contribution in [1.82, 2.24) is 9.97 Å². The van der Waals surface area contributed by atoms with Crippen LogP contribution in [0.25, 0.3) is 0 Å². The van der Waals surface area contributed by atoms with E-state index in [9.17, 15) is 5.11 Å². The van der Waals surface area contributed by atoms with Gasteiger partial charge in [0.05, 0.1) is 19.3 Å². The lowest BCUT2D eigenvalue weighted by molar-refractivity contribution is 0.0184. The van der Waals surface area contributed by atoms with Crippen LogP contribution in [0.3, 0.4) is 0 Å². The highest BCUT2D eigenvalue weighted by Crippen LogP contribution is 2.28. The molecule has 6 nitrogen and oxygen atoms in total. The van der Waals surface area contributed by atoms with Gasteiger partial charge >= 0.3 is 0 Å². The molecule has 7 heteroatoms. The van der Waals surface area contributed by atoms with Crippen LogP contribution in [0, 0.1) is 0 Å². The summed E-state index contributed by atoms with van der Waals surface area (Å²) in [5, 5.41) is 13.0. The molecular formula is C10H12ClN3O3. The second-order valence-electron chi connectivity index (χ2n) is 4.12. The molecule has 2 fully saturated rings. The van der Waals surface area contributed by atoms with E-state index in [0.717, 1.165) is 0 Å². The Morgan fingerprint density at radius 1 is 1.35 bits per heavy atom. The molecule has 1 aromatic rings. The summed E-state index contributed by atoms with van der Waals surface area (Å²) >= 11 is 5.70. The molecule has 1 aromatic heterocycles. The van der Waals surface area contributed by atoms with Crippen molar-refractivity contribution in [1.29, 1.82) is 0 Å². The maximum Gasteiger partial charge on any atom is 0.224 e. The van der Waals surface area contributed by atoms with E-state index in [0.29, 0.717) is 19.0 Å². The van der Waals surface area contributed by atoms with Crippen LogP contribution >= 0.6 is 11.6 Å². The van der Waals surface area contributed by atoms with Gasteiger partial charge in [0.25, 0.3) is 0 Å². The lowest BCUT2D eigenvalue weighted by Gasteiger charge is -2.17. The van der Waals surface area contributed by atoms with E-state index in [1.54, 1.807) is 12.3 Å². The third kappa shape index (κ3) is 2.09. The quantitative estimate of drug-likeness (QED) is 0.730. The number of aliphatic hydroxyl groups is 1. The summed E-state index contributed by atoms with van der Waals surface area (Å²) < 4.78 is 11.0. The maximum atomic E-state index is 9.60. The van der Waals surface area contributed by atoms with Gasteiger partial charge in [0.2, 0.25) is 5.28 Å². The molecule has 2 aliphatic heterocycles. The number of hydrogen-bond acceptors (Lipinski definition) is 6. The minimum atomic E-state index is -0.541. The van der Waals surface area contributed by atoms with Gasteiger partial charge in [0.1, 0.15) is 24.1 Å². The first kappa shape index (κ1) is 11.2. The van der Waals surface area contributed by atoms with Crippen LogP contribution in [0.2, 0.25) is 5.28 Å². The van der Waals surface area contributed by atoms with Crippen LogP contribution in [0.15, 0.2) is 12.3 Å². The Hall–Kier alpha value is -0.950. The zero-order valence-electron chi connectivity index (χ0n) is 8.91. The van der Waals surface area contributed by atoms with Crippen molar-refractivity contribution in [3.63, 3.8) is 0 Å². The van der Waals surface area contributed by atoms with Crippen LogP contribution in [0.5, 0.6) is 0 Å². The molecule has 92 valence electrons. The predicted octanol–water partition coefficient (Wildman–Crippen LogP) is 0.0690. The molecular weight excluding hydrogens is 246 g/mol. The molecule has 4 unspecified atom stereocenters.